The van der Waals surface area contributed by atoms with Crippen LogP contribution in [0.5, 0.6) is 0 Å². The third kappa shape index (κ3) is 3.52. The van der Waals surface area contributed by atoms with Crippen LogP contribution in [0.2, 0.25) is 0 Å². The molecule has 3 rings (SSSR count). The number of para-hydroxylation sites is 1. The summed E-state index contributed by atoms with van der Waals surface area (Å²) in [6.45, 7) is 6.12. The first-order valence-electron chi connectivity index (χ1n) is 7.68. The van der Waals surface area contributed by atoms with E-state index in [1.54, 1.807) is 6.20 Å². The van der Waals surface area contributed by atoms with E-state index < -0.39 is 0 Å². The van der Waals surface area contributed by atoms with E-state index in [1.165, 1.54) is 6.33 Å². The van der Waals surface area contributed by atoms with Crippen molar-refractivity contribution < 1.29 is 0 Å². The average Bonchev–Trinajstić information content (AvgIpc) is 2.55. The van der Waals surface area contributed by atoms with Crippen molar-refractivity contribution in [3.63, 3.8) is 0 Å². The van der Waals surface area contributed by atoms with Gasteiger partial charge in [0.25, 0.3) is 0 Å². The number of anilines is 4. The van der Waals surface area contributed by atoms with Crippen LogP contribution >= 0.6 is 0 Å². The predicted octanol–water partition coefficient (Wildman–Crippen LogP) is 3.07. The topological polar surface area (TPSA) is 101 Å². The Morgan fingerprint density at radius 2 is 1.71 bits per heavy atom. The second-order valence-electron chi connectivity index (χ2n) is 6.49. The molecule has 0 unspecified atom stereocenters. The number of fused-ring (bicyclic) bond motifs is 1. The molecule has 2 heterocycles. The molecule has 5 N–H and O–H groups in total. The second kappa shape index (κ2) is 6.29. The van der Waals surface area contributed by atoms with Gasteiger partial charge in [0.1, 0.15) is 12.0 Å². The molecule has 7 heteroatoms. The van der Waals surface area contributed by atoms with Crippen molar-refractivity contribution in [1.82, 2.24) is 20.4 Å². The van der Waals surface area contributed by atoms with Crippen molar-refractivity contribution in [1.29, 1.82) is 0 Å². The molecule has 3 aromatic rings. The SMILES string of the molecule is CC(C)(C)NNc1ncnc(Nc2cccc3cccnc23)c1N. The minimum atomic E-state index is -0.121. The first-order chi connectivity index (χ1) is 11.4. The number of hydrogen-bond donors (Lipinski definition) is 4. The zero-order valence-electron chi connectivity index (χ0n) is 14.0. The second-order valence-corrected chi connectivity index (χ2v) is 6.49. The highest BCUT2D eigenvalue weighted by atomic mass is 15.4. The first kappa shape index (κ1) is 15.9. The van der Waals surface area contributed by atoms with E-state index >= 15 is 0 Å². The first-order valence-corrected chi connectivity index (χ1v) is 7.68. The summed E-state index contributed by atoms with van der Waals surface area (Å²) in [5.41, 5.74) is 14.4. The fourth-order valence-corrected chi connectivity index (χ4v) is 2.17. The minimum Gasteiger partial charge on any atom is -0.393 e. The molecule has 0 saturated carbocycles. The van der Waals surface area contributed by atoms with Gasteiger partial charge in [-0.1, -0.05) is 18.2 Å². The maximum Gasteiger partial charge on any atom is 0.169 e. The molecule has 0 aliphatic heterocycles. The smallest absolute Gasteiger partial charge is 0.169 e. The van der Waals surface area contributed by atoms with Crippen LogP contribution in [-0.4, -0.2) is 20.5 Å². The molecule has 0 bridgehead atoms. The lowest BCUT2D eigenvalue weighted by Gasteiger charge is -2.22. The summed E-state index contributed by atoms with van der Waals surface area (Å²) in [6, 6.07) is 9.83. The van der Waals surface area contributed by atoms with Crippen LogP contribution in [0.4, 0.5) is 23.0 Å². The molecular formula is C17H21N7. The van der Waals surface area contributed by atoms with Gasteiger partial charge in [-0.3, -0.25) is 4.98 Å². The summed E-state index contributed by atoms with van der Waals surface area (Å²) in [7, 11) is 0. The minimum absolute atomic E-state index is 0.121. The predicted molar refractivity (Wildman–Crippen MR) is 98.0 cm³/mol. The number of nitrogens with one attached hydrogen (secondary N) is 3. The summed E-state index contributed by atoms with van der Waals surface area (Å²) in [5, 5.41) is 4.29. The summed E-state index contributed by atoms with van der Waals surface area (Å²) in [6.07, 6.45) is 3.22. The molecule has 24 heavy (non-hydrogen) atoms. The Bertz CT molecular complexity index is 850. The van der Waals surface area contributed by atoms with Gasteiger partial charge in [0, 0.05) is 17.1 Å². The molecule has 0 aliphatic carbocycles. The Kier molecular flexibility index (Phi) is 4.18. The van der Waals surface area contributed by atoms with Gasteiger partial charge in [0.05, 0.1) is 11.2 Å². The van der Waals surface area contributed by atoms with Crippen LogP contribution < -0.4 is 21.9 Å². The molecule has 0 fully saturated rings. The molecule has 0 amide bonds. The number of nitrogens with zero attached hydrogens (tertiary/aromatic N) is 3. The van der Waals surface area contributed by atoms with Crippen molar-refractivity contribution >= 4 is 33.9 Å². The lowest BCUT2D eigenvalue weighted by Crippen LogP contribution is -2.40. The molecule has 0 atom stereocenters. The Morgan fingerprint density at radius 3 is 2.50 bits per heavy atom. The van der Waals surface area contributed by atoms with Crippen molar-refractivity contribution in [2.45, 2.75) is 26.3 Å². The number of aromatic nitrogens is 3. The fraction of sp³-hybridized carbons (Fsp3) is 0.235. The highest BCUT2D eigenvalue weighted by Crippen LogP contribution is 2.28. The van der Waals surface area contributed by atoms with Crippen molar-refractivity contribution in [2.75, 3.05) is 16.5 Å². The molecular weight excluding hydrogens is 302 g/mol. The summed E-state index contributed by atoms with van der Waals surface area (Å²) >= 11 is 0. The zero-order valence-corrected chi connectivity index (χ0v) is 14.0. The summed E-state index contributed by atoms with van der Waals surface area (Å²) < 4.78 is 0. The van der Waals surface area contributed by atoms with Crippen molar-refractivity contribution in [2.24, 2.45) is 0 Å². The quantitative estimate of drug-likeness (QED) is 0.547. The van der Waals surface area contributed by atoms with Gasteiger partial charge in [-0.05, 0) is 32.9 Å². The molecule has 7 nitrogen and oxygen atoms in total. The Balaban J connectivity index is 1.90. The number of rotatable bonds is 4. The van der Waals surface area contributed by atoms with Crippen LogP contribution in [0.3, 0.4) is 0 Å². The standard InChI is InChI=1S/C17H21N7/c1-17(2,3)24-23-16-13(18)15(20-10-21-16)22-12-8-4-6-11-7-5-9-19-14(11)12/h4-10,24H,18H2,1-3H3,(H2,20,21,22,23). The Labute approximate surface area is 140 Å². The number of benzene rings is 1. The molecule has 0 spiro atoms. The van der Waals surface area contributed by atoms with E-state index in [0.29, 0.717) is 17.3 Å². The number of nitrogen functional groups attached to an aromatic ring is 1. The van der Waals surface area contributed by atoms with Gasteiger partial charge in [-0.2, -0.15) is 0 Å². The summed E-state index contributed by atoms with van der Waals surface area (Å²) in [5.74, 6) is 1.05. The molecule has 1 aromatic carbocycles. The summed E-state index contributed by atoms with van der Waals surface area (Å²) in [4.78, 5) is 12.8. The van der Waals surface area contributed by atoms with Crippen LogP contribution in [0.15, 0.2) is 42.9 Å². The fourth-order valence-electron chi connectivity index (χ4n) is 2.17. The lowest BCUT2D eigenvalue weighted by atomic mass is 10.1. The van der Waals surface area contributed by atoms with E-state index in [0.717, 1.165) is 16.6 Å². The largest absolute Gasteiger partial charge is 0.393 e. The maximum absolute atomic E-state index is 6.19. The normalized spacial score (nSPS) is 11.5. The van der Waals surface area contributed by atoms with Crippen LogP contribution in [0, 0.1) is 0 Å². The average molecular weight is 323 g/mol. The lowest BCUT2D eigenvalue weighted by molar-refractivity contribution is 0.464. The van der Waals surface area contributed by atoms with Gasteiger partial charge in [-0.15, -0.1) is 0 Å². The van der Waals surface area contributed by atoms with Crippen LogP contribution in [0.25, 0.3) is 10.9 Å². The Hall–Kier alpha value is -2.93. The van der Waals surface area contributed by atoms with Crippen LogP contribution in [0.1, 0.15) is 20.8 Å². The third-order valence-electron chi connectivity index (χ3n) is 3.33. The van der Waals surface area contributed by atoms with E-state index in [4.69, 9.17) is 5.73 Å². The molecule has 124 valence electrons. The van der Waals surface area contributed by atoms with Gasteiger partial charge >= 0.3 is 0 Å². The number of pyridine rings is 1. The van der Waals surface area contributed by atoms with Crippen molar-refractivity contribution in [3.05, 3.63) is 42.9 Å². The molecule has 0 saturated heterocycles. The highest BCUT2D eigenvalue weighted by Gasteiger charge is 2.13. The molecule has 0 radical (unpaired) electrons. The van der Waals surface area contributed by atoms with Crippen molar-refractivity contribution in [3.8, 4) is 0 Å². The van der Waals surface area contributed by atoms with E-state index in [2.05, 4.69) is 31.1 Å². The maximum atomic E-state index is 6.19. The number of nitrogens with two attached hydrogens (primary N) is 1. The molecule has 0 aliphatic rings. The van der Waals surface area contributed by atoms with Gasteiger partial charge < -0.3 is 16.5 Å². The van der Waals surface area contributed by atoms with Gasteiger partial charge in [0.2, 0.25) is 0 Å². The molecule has 2 aromatic heterocycles. The third-order valence-corrected chi connectivity index (χ3v) is 3.33. The van der Waals surface area contributed by atoms with E-state index in [1.807, 2.05) is 51.1 Å². The van der Waals surface area contributed by atoms with Gasteiger partial charge in [-0.25, -0.2) is 15.4 Å². The number of hydrogen-bond acceptors (Lipinski definition) is 7. The van der Waals surface area contributed by atoms with E-state index in [-0.39, 0.29) is 5.54 Å². The van der Waals surface area contributed by atoms with Gasteiger partial charge in [0.15, 0.2) is 11.6 Å². The van der Waals surface area contributed by atoms with E-state index in [9.17, 15) is 0 Å². The zero-order chi connectivity index (χ0) is 17.2. The number of hydrazine groups is 1. The highest BCUT2D eigenvalue weighted by molar-refractivity contribution is 5.93. The monoisotopic (exact) mass is 323 g/mol. The van der Waals surface area contributed by atoms with Crippen LogP contribution in [-0.2, 0) is 0 Å². The Morgan fingerprint density at radius 1 is 0.958 bits per heavy atom.